The lowest BCUT2D eigenvalue weighted by atomic mass is 10.2. The molecule has 6 nitrogen and oxygen atoms in total. The van der Waals surface area contributed by atoms with Crippen LogP contribution in [0, 0.1) is 19.7 Å². The minimum Gasteiger partial charge on any atom is -0.369 e. The molecule has 4 rings (SSSR count). The van der Waals surface area contributed by atoms with E-state index in [2.05, 4.69) is 20.2 Å². The summed E-state index contributed by atoms with van der Waals surface area (Å²) in [5.74, 6) is 0.388. The molecule has 0 spiro atoms. The summed E-state index contributed by atoms with van der Waals surface area (Å²) in [5.41, 5.74) is 3.95. The molecule has 0 bridgehead atoms. The fraction of sp³-hybridized carbons (Fsp3) is 0.304. The third-order valence-corrected chi connectivity index (χ3v) is 5.31. The molecule has 7 heteroatoms. The van der Waals surface area contributed by atoms with Crippen molar-refractivity contribution < 1.29 is 9.18 Å². The molecule has 156 valence electrons. The number of benzene rings is 2. The number of carbonyl (C=O) groups excluding carboxylic acids is 1. The zero-order chi connectivity index (χ0) is 21.1. The lowest BCUT2D eigenvalue weighted by Crippen LogP contribution is -2.48. The normalized spacial score (nSPS) is 14.7. The topological polar surface area (TPSA) is 53.4 Å². The molecule has 0 aliphatic carbocycles. The molecule has 2 heterocycles. The zero-order valence-corrected chi connectivity index (χ0v) is 17.3. The van der Waals surface area contributed by atoms with Crippen LogP contribution in [0.5, 0.6) is 0 Å². The lowest BCUT2D eigenvalue weighted by molar-refractivity contribution is -0.117. The summed E-state index contributed by atoms with van der Waals surface area (Å²) >= 11 is 0. The Morgan fingerprint density at radius 2 is 1.60 bits per heavy atom. The van der Waals surface area contributed by atoms with Gasteiger partial charge in [0.2, 0.25) is 5.91 Å². The van der Waals surface area contributed by atoms with Crippen molar-refractivity contribution in [1.29, 1.82) is 0 Å². The Hall–Kier alpha value is -3.19. The van der Waals surface area contributed by atoms with Crippen LogP contribution >= 0.6 is 0 Å². The highest BCUT2D eigenvalue weighted by Gasteiger charge is 2.20. The number of anilines is 2. The van der Waals surface area contributed by atoms with Crippen LogP contribution in [0.3, 0.4) is 0 Å². The molecule has 1 aromatic heterocycles. The maximum atomic E-state index is 13.1. The number of halogens is 1. The van der Waals surface area contributed by atoms with Crippen LogP contribution in [-0.4, -0.2) is 53.3 Å². The predicted octanol–water partition coefficient (Wildman–Crippen LogP) is 3.39. The fourth-order valence-electron chi connectivity index (χ4n) is 3.67. The molecule has 30 heavy (non-hydrogen) atoms. The van der Waals surface area contributed by atoms with Crippen LogP contribution in [0.2, 0.25) is 0 Å². The van der Waals surface area contributed by atoms with Gasteiger partial charge in [0, 0.05) is 37.9 Å². The average Bonchev–Trinajstić information content (AvgIpc) is 3.09. The Morgan fingerprint density at radius 3 is 2.27 bits per heavy atom. The second-order valence-electron chi connectivity index (χ2n) is 7.71. The maximum Gasteiger partial charge on any atom is 0.239 e. The fourth-order valence-corrected chi connectivity index (χ4v) is 3.67. The third kappa shape index (κ3) is 4.68. The Morgan fingerprint density at radius 1 is 0.967 bits per heavy atom. The number of piperazine rings is 1. The van der Waals surface area contributed by atoms with Crippen molar-refractivity contribution in [1.82, 2.24) is 14.7 Å². The molecule has 0 atom stereocenters. The first-order valence-electron chi connectivity index (χ1n) is 10.1. The summed E-state index contributed by atoms with van der Waals surface area (Å²) < 4.78 is 14.9. The van der Waals surface area contributed by atoms with Crippen LogP contribution in [0.25, 0.3) is 5.69 Å². The first kappa shape index (κ1) is 20.1. The molecular formula is C23H26FN5O. The second-order valence-corrected chi connectivity index (χ2v) is 7.71. The summed E-state index contributed by atoms with van der Waals surface area (Å²) in [7, 11) is 0. The molecule has 0 unspecified atom stereocenters. The number of nitrogens with zero attached hydrogens (tertiary/aromatic N) is 4. The number of aromatic nitrogens is 2. The Balaban J connectivity index is 1.35. The number of hydrogen-bond acceptors (Lipinski definition) is 4. The molecule has 1 aliphatic heterocycles. The van der Waals surface area contributed by atoms with Crippen LogP contribution in [0.4, 0.5) is 15.9 Å². The van der Waals surface area contributed by atoms with E-state index in [0.29, 0.717) is 12.4 Å². The second kappa shape index (κ2) is 8.67. The molecule has 1 amide bonds. The number of carbonyl (C=O) groups is 1. The van der Waals surface area contributed by atoms with Crippen molar-refractivity contribution >= 4 is 17.4 Å². The van der Waals surface area contributed by atoms with E-state index in [1.807, 2.05) is 44.2 Å². The molecule has 1 saturated heterocycles. The quantitative estimate of drug-likeness (QED) is 0.705. The highest BCUT2D eigenvalue weighted by Crippen LogP contribution is 2.19. The van der Waals surface area contributed by atoms with Gasteiger partial charge in [0.25, 0.3) is 0 Å². The molecule has 1 N–H and O–H groups in total. The van der Waals surface area contributed by atoms with E-state index in [9.17, 15) is 9.18 Å². The number of amides is 1. The number of rotatable bonds is 5. The van der Waals surface area contributed by atoms with E-state index in [0.717, 1.165) is 43.2 Å². The van der Waals surface area contributed by atoms with Crippen molar-refractivity contribution in [2.45, 2.75) is 13.8 Å². The Kier molecular flexibility index (Phi) is 5.81. The standard InChI is InChI=1S/C23H26FN5O/c1-17-3-7-21(8-4-17)29-22(15-18(2)26-29)25-23(30)16-27-11-13-28(14-12-27)20-9-5-19(24)6-10-20/h3-10,15H,11-14,16H2,1-2H3,(H,25,30). The first-order chi connectivity index (χ1) is 14.5. The van der Waals surface area contributed by atoms with Crippen molar-refractivity contribution in [3.8, 4) is 5.69 Å². The van der Waals surface area contributed by atoms with E-state index >= 15 is 0 Å². The van der Waals surface area contributed by atoms with Gasteiger partial charge in [-0.15, -0.1) is 0 Å². The molecule has 1 fully saturated rings. The smallest absolute Gasteiger partial charge is 0.239 e. The Bertz CT molecular complexity index is 1010. The SMILES string of the molecule is Cc1ccc(-n2nc(C)cc2NC(=O)CN2CCN(c3ccc(F)cc3)CC2)cc1. The van der Waals surface area contributed by atoms with Gasteiger partial charge in [0.05, 0.1) is 17.9 Å². The number of nitrogens with one attached hydrogen (secondary N) is 1. The lowest BCUT2D eigenvalue weighted by Gasteiger charge is -2.35. The van der Waals surface area contributed by atoms with Crippen LogP contribution < -0.4 is 10.2 Å². The maximum absolute atomic E-state index is 13.1. The summed E-state index contributed by atoms with van der Waals surface area (Å²) in [6.07, 6.45) is 0. The van der Waals surface area contributed by atoms with Gasteiger partial charge in [-0.2, -0.15) is 5.10 Å². The average molecular weight is 407 g/mol. The van der Waals surface area contributed by atoms with Crippen molar-refractivity contribution in [2.75, 3.05) is 42.9 Å². The van der Waals surface area contributed by atoms with Gasteiger partial charge in [0.1, 0.15) is 11.6 Å². The van der Waals surface area contributed by atoms with E-state index in [-0.39, 0.29) is 11.7 Å². The van der Waals surface area contributed by atoms with Gasteiger partial charge >= 0.3 is 0 Å². The molecule has 0 radical (unpaired) electrons. The van der Waals surface area contributed by atoms with E-state index in [4.69, 9.17) is 0 Å². The van der Waals surface area contributed by atoms with E-state index in [1.54, 1.807) is 16.8 Å². The molecule has 0 saturated carbocycles. The van der Waals surface area contributed by atoms with Crippen LogP contribution in [0.15, 0.2) is 54.6 Å². The largest absolute Gasteiger partial charge is 0.369 e. The monoisotopic (exact) mass is 407 g/mol. The van der Waals surface area contributed by atoms with E-state index < -0.39 is 0 Å². The molecule has 3 aromatic rings. The van der Waals surface area contributed by atoms with Gasteiger partial charge in [0.15, 0.2) is 0 Å². The highest BCUT2D eigenvalue weighted by atomic mass is 19.1. The number of aryl methyl sites for hydroxylation is 2. The molecular weight excluding hydrogens is 381 g/mol. The summed E-state index contributed by atoms with van der Waals surface area (Å²) in [5, 5.41) is 7.52. The van der Waals surface area contributed by atoms with Crippen molar-refractivity contribution in [3.63, 3.8) is 0 Å². The molecule has 1 aliphatic rings. The Labute approximate surface area is 175 Å². The summed E-state index contributed by atoms with van der Waals surface area (Å²) in [6, 6.07) is 16.5. The van der Waals surface area contributed by atoms with Crippen LogP contribution in [-0.2, 0) is 4.79 Å². The van der Waals surface area contributed by atoms with Crippen LogP contribution in [0.1, 0.15) is 11.3 Å². The minimum atomic E-state index is -0.228. The van der Waals surface area contributed by atoms with Gasteiger partial charge in [-0.25, -0.2) is 9.07 Å². The van der Waals surface area contributed by atoms with Crippen molar-refractivity contribution in [3.05, 3.63) is 71.7 Å². The third-order valence-electron chi connectivity index (χ3n) is 5.31. The molecule has 2 aromatic carbocycles. The van der Waals surface area contributed by atoms with Gasteiger partial charge in [-0.3, -0.25) is 9.69 Å². The highest BCUT2D eigenvalue weighted by molar-refractivity contribution is 5.91. The zero-order valence-electron chi connectivity index (χ0n) is 17.3. The minimum absolute atomic E-state index is 0.0570. The van der Waals surface area contributed by atoms with E-state index in [1.165, 1.54) is 17.7 Å². The summed E-state index contributed by atoms with van der Waals surface area (Å²) in [4.78, 5) is 17.0. The van der Waals surface area contributed by atoms with Gasteiger partial charge < -0.3 is 10.2 Å². The first-order valence-corrected chi connectivity index (χ1v) is 10.1. The van der Waals surface area contributed by atoms with Gasteiger partial charge in [-0.05, 0) is 50.2 Å². The predicted molar refractivity (Wildman–Crippen MR) is 117 cm³/mol. The van der Waals surface area contributed by atoms with Gasteiger partial charge in [-0.1, -0.05) is 17.7 Å². The summed E-state index contributed by atoms with van der Waals surface area (Å²) in [6.45, 7) is 7.45. The number of hydrogen-bond donors (Lipinski definition) is 1. The van der Waals surface area contributed by atoms with Crippen molar-refractivity contribution in [2.24, 2.45) is 0 Å².